The fourth-order valence-electron chi connectivity index (χ4n) is 10.5. The summed E-state index contributed by atoms with van der Waals surface area (Å²) >= 11 is 0. The van der Waals surface area contributed by atoms with Crippen molar-refractivity contribution in [3.05, 3.63) is 134 Å². The summed E-state index contributed by atoms with van der Waals surface area (Å²) in [6.45, 7) is 4.05. The van der Waals surface area contributed by atoms with Crippen LogP contribution < -0.4 is 0 Å². The summed E-state index contributed by atoms with van der Waals surface area (Å²) in [5.41, 5.74) is 0. The molecule has 0 aromatic rings. The number of unbranched alkanes of at least 4 members (excludes halogenated alkanes) is 37. The highest BCUT2D eigenvalue weighted by atomic mass is 16.6. The Morgan fingerprint density at radius 3 is 0.756 bits per heavy atom. The molecule has 0 heterocycles. The second kappa shape index (κ2) is 75.3. The highest BCUT2D eigenvalue weighted by Crippen LogP contribution is 2.18. The minimum absolute atomic E-state index is 0.0681. The second-order valence-electron chi connectivity index (χ2n) is 24.3. The van der Waals surface area contributed by atoms with Crippen molar-refractivity contribution in [2.24, 2.45) is 0 Å². The predicted molar refractivity (Wildman–Crippen MR) is 380 cm³/mol. The van der Waals surface area contributed by atoms with E-state index in [4.69, 9.17) is 9.47 Å². The first-order valence-corrected chi connectivity index (χ1v) is 36.7. The molecule has 5 nitrogen and oxygen atoms in total. The van der Waals surface area contributed by atoms with Crippen LogP contribution in [0.15, 0.2) is 134 Å². The third kappa shape index (κ3) is 72.5. The molecule has 0 aliphatic carbocycles. The number of hydrogen-bond donors (Lipinski definition) is 1. The van der Waals surface area contributed by atoms with E-state index in [-0.39, 0.29) is 25.2 Å². The Kier molecular flexibility index (Phi) is 71.8. The molecule has 0 spiro atoms. The topological polar surface area (TPSA) is 72.8 Å². The maximum Gasteiger partial charge on any atom is 0.306 e. The predicted octanol–water partition coefficient (Wildman–Crippen LogP) is 25.9. The Morgan fingerprint density at radius 2 is 0.500 bits per heavy atom. The lowest BCUT2D eigenvalue weighted by molar-refractivity contribution is -0.161. The van der Waals surface area contributed by atoms with Crippen molar-refractivity contribution in [3.63, 3.8) is 0 Å². The van der Waals surface area contributed by atoms with Crippen molar-refractivity contribution in [2.75, 3.05) is 13.2 Å². The number of ether oxygens (including phenoxy) is 2. The van der Waals surface area contributed by atoms with Gasteiger partial charge < -0.3 is 14.6 Å². The lowest BCUT2D eigenvalue weighted by Crippen LogP contribution is -2.28. The molecular formula is C81H138O5. The molecule has 0 fully saturated rings. The Bertz CT molecular complexity index is 1730. The zero-order valence-corrected chi connectivity index (χ0v) is 56.5. The van der Waals surface area contributed by atoms with E-state index in [0.29, 0.717) is 12.8 Å². The van der Waals surface area contributed by atoms with Gasteiger partial charge in [0, 0.05) is 12.8 Å². The van der Waals surface area contributed by atoms with Gasteiger partial charge in [-0.15, -0.1) is 0 Å². The molecule has 1 atom stereocenters. The monoisotopic (exact) mass is 1190 g/mol. The summed E-state index contributed by atoms with van der Waals surface area (Å²) in [6.07, 6.45) is 112. The smallest absolute Gasteiger partial charge is 0.306 e. The van der Waals surface area contributed by atoms with E-state index >= 15 is 0 Å². The van der Waals surface area contributed by atoms with Crippen molar-refractivity contribution >= 4 is 11.9 Å². The third-order valence-electron chi connectivity index (χ3n) is 15.9. The molecule has 0 aromatic heterocycles. The summed E-state index contributed by atoms with van der Waals surface area (Å²) in [6, 6.07) is 0. The van der Waals surface area contributed by atoms with Gasteiger partial charge >= 0.3 is 11.9 Å². The highest BCUT2D eigenvalue weighted by Gasteiger charge is 2.16. The average Bonchev–Trinajstić information content (AvgIpc) is 3.54. The van der Waals surface area contributed by atoms with Crippen molar-refractivity contribution in [1.82, 2.24) is 0 Å². The molecule has 0 saturated heterocycles. The second-order valence-corrected chi connectivity index (χ2v) is 24.3. The normalized spacial score (nSPS) is 13.0. The van der Waals surface area contributed by atoms with Crippen LogP contribution in [0.1, 0.15) is 348 Å². The zero-order valence-electron chi connectivity index (χ0n) is 56.5. The number of hydrogen-bond acceptors (Lipinski definition) is 5. The van der Waals surface area contributed by atoms with E-state index in [2.05, 4.69) is 148 Å². The Balaban J connectivity index is 3.49. The number of esters is 2. The maximum atomic E-state index is 12.4. The SMILES string of the molecule is CC/C=C\C/C=C\C/C=C\C/C=C\C/C=C\C/C=C\C/C=C\C/C=C\C/C=C\CCCCCCCCCCCCCCCC(=O)OC(CO)COC(=O)CCCCCCCCCCCCCCCCCCCCC/C=C\C/C=C\CCCCCCC. The molecule has 0 radical (unpaired) electrons. The van der Waals surface area contributed by atoms with Gasteiger partial charge in [-0.2, -0.15) is 0 Å². The third-order valence-corrected chi connectivity index (χ3v) is 15.9. The minimum Gasteiger partial charge on any atom is -0.462 e. The van der Waals surface area contributed by atoms with Crippen LogP contribution in [0.3, 0.4) is 0 Å². The molecule has 86 heavy (non-hydrogen) atoms. The van der Waals surface area contributed by atoms with Gasteiger partial charge in [-0.25, -0.2) is 0 Å². The van der Waals surface area contributed by atoms with Gasteiger partial charge in [0.15, 0.2) is 6.10 Å². The average molecular weight is 1190 g/mol. The first kappa shape index (κ1) is 82.0. The first-order valence-electron chi connectivity index (χ1n) is 36.7. The first-order chi connectivity index (χ1) is 42.6. The van der Waals surface area contributed by atoms with Gasteiger partial charge in [0.05, 0.1) is 6.61 Å². The van der Waals surface area contributed by atoms with Crippen LogP contribution in [0.4, 0.5) is 0 Å². The quantitative estimate of drug-likeness (QED) is 0.0373. The number of carbonyl (C=O) groups excluding carboxylic acids is 2. The molecule has 5 heteroatoms. The maximum absolute atomic E-state index is 12.4. The summed E-state index contributed by atoms with van der Waals surface area (Å²) in [7, 11) is 0. The molecule has 0 aliphatic rings. The summed E-state index contributed by atoms with van der Waals surface area (Å²) in [4.78, 5) is 24.7. The molecule has 1 N–H and O–H groups in total. The van der Waals surface area contributed by atoms with E-state index in [0.717, 1.165) is 103 Å². The van der Waals surface area contributed by atoms with Crippen molar-refractivity contribution in [3.8, 4) is 0 Å². The van der Waals surface area contributed by atoms with E-state index in [1.165, 1.54) is 218 Å². The van der Waals surface area contributed by atoms with Gasteiger partial charge in [-0.1, -0.05) is 353 Å². The molecule has 492 valence electrons. The van der Waals surface area contributed by atoms with Crippen LogP contribution >= 0.6 is 0 Å². The lowest BCUT2D eigenvalue weighted by Gasteiger charge is -2.15. The van der Waals surface area contributed by atoms with Crippen molar-refractivity contribution in [2.45, 2.75) is 354 Å². The van der Waals surface area contributed by atoms with E-state index in [1.54, 1.807) is 0 Å². The number of rotatable bonds is 67. The van der Waals surface area contributed by atoms with Crippen LogP contribution in [-0.2, 0) is 19.1 Å². The van der Waals surface area contributed by atoms with Gasteiger partial charge in [-0.05, 0) is 116 Å². The summed E-state index contributed by atoms with van der Waals surface area (Å²) in [5, 5.41) is 9.71. The molecule has 0 aliphatic heterocycles. The highest BCUT2D eigenvalue weighted by molar-refractivity contribution is 5.70. The summed E-state index contributed by atoms with van der Waals surface area (Å²) < 4.78 is 10.8. The van der Waals surface area contributed by atoms with Gasteiger partial charge in [0.25, 0.3) is 0 Å². The number of carbonyl (C=O) groups is 2. The standard InChI is InChI=1S/C81H138O5/c1-3-5-7-9-11-13-15-17-19-21-23-25-27-29-31-33-35-36-37-38-39-40-41-42-43-44-46-48-50-52-54-56-58-60-62-64-66-68-70-72-74-76-81(84)86-79(77-82)78-85-80(83)75-73-71-69-67-65-63-61-59-57-55-53-51-49-47-45-34-32-30-28-26-24-22-20-18-16-14-12-10-8-6-4-2/h5,7,11,13,16-19,22-25,29,31,35-36,38-39,41-42,44,46,79,82H,3-4,6,8-10,12,14-15,20-21,26-28,30,32-34,37,40,43,45,47-78H2,1-2H3/b7-5-,13-11-,18-16-,19-17-,24-22-,25-23-,31-29-,36-35-,39-38-,42-41-,46-44-. The van der Waals surface area contributed by atoms with Crippen LogP contribution in [0, 0.1) is 0 Å². The van der Waals surface area contributed by atoms with Crippen LogP contribution in [-0.4, -0.2) is 36.4 Å². The Morgan fingerprint density at radius 1 is 0.279 bits per heavy atom. The van der Waals surface area contributed by atoms with Crippen LogP contribution in [0.2, 0.25) is 0 Å². The minimum atomic E-state index is -0.780. The molecule has 0 saturated carbocycles. The van der Waals surface area contributed by atoms with Crippen LogP contribution in [0.5, 0.6) is 0 Å². The fraction of sp³-hybridized carbons (Fsp3) is 0.704. The van der Waals surface area contributed by atoms with Gasteiger partial charge in [-0.3, -0.25) is 9.59 Å². The largest absolute Gasteiger partial charge is 0.462 e. The molecule has 1 unspecified atom stereocenters. The molecule has 0 amide bonds. The van der Waals surface area contributed by atoms with E-state index in [9.17, 15) is 14.7 Å². The Labute approximate surface area is 534 Å². The van der Waals surface area contributed by atoms with Crippen LogP contribution in [0.25, 0.3) is 0 Å². The zero-order chi connectivity index (χ0) is 61.9. The van der Waals surface area contributed by atoms with Crippen molar-refractivity contribution < 1.29 is 24.2 Å². The Hall–Kier alpha value is -3.96. The fourth-order valence-corrected chi connectivity index (χ4v) is 10.5. The van der Waals surface area contributed by atoms with Gasteiger partial charge in [0.2, 0.25) is 0 Å². The van der Waals surface area contributed by atoms with Gasteiger partial charge in [0.1, 0.15) is 6.61 Å². The molecule has 0 bridgehead atoms. The molecule has 0 rings (SSSR count). The number of aliphatic hydroxyl groups is 1. The molecular weight excluding hydrogens is 1050 g/mol. The summed E-state index contributed by atoms with van der Waals surface area (Å²) in [5.74, 6) is -0.583. The van der Waals surface area contributed by atoms with E-state index in [1.807, 2.05) is 0 Å². The van der Waals surface area contributed by atoms with Crippen molar-refractivity contribution in [1.29, 1.82) is 0 Å². The molecule has 0 aromatic carbocycles. The number of allylic oxidation sites excluding steroid dienone is 22. The number of aliphatic hydroxyl groups excluding tert-OH is 1. The van der Waals surface area contributed by atoms with E-state index < -0.39 is 6.10 Å². The lowest BCUT2D eigenvalue weighted by atomic mass is 10.0.